The van der Waals surface area contributed by atoms with Gasteiger partial charge in [0.1, 0.15) is 5.82 Å². The van der Waals surface area contributed by atoms with Gasteiger partial charge in [0.25, 0.3) is 0 Å². The smallest absolute Gasteiger partial charge is 0.140 e. The first-order chi connectivity index (χ1) is 8.24. The van der Waals surface area contributed by atoms with E-state index >= 15 is 0 Å². The second-order valence-electron chi connectivity index (χ2n) is 3.83. The third kappa shape index (κ3) is 2.14. The molecule has 2 heteroatoms. The van der Waals surface area contributed by atoms with Gasteiger partial charge in [-0.05, 0) is 19.1 Å². The van der Waals surface area contributed by atoms with Gasteiger partial charge in [-0.2, -0.15) is 0 Å². The van der Waals surface area contributed by atoms with Gasteiger partial charge in [-0.15, -0.1) is 6.42 Å². The van der Waals surface area contributed by atoms with Crippen LogP contribution in [0.25, 0.3) is 17.5 Å². The molecule has 0 amide bonds. The topological polar surface area (TPSA) is 17.8 Å². The van der Waals surface area contributed by atoms with E-state index in [1.807, 2.05) is 38.2 Å². The number of hydrogen-bond acceptors (Lipinski definition) is 1. The minimum absolute atomic E-state index is 0.921. The normalized spacial score (nSPS) is 10.6. The lowest BCUT2D eigenvalue weighted by atomic mass is 10.2. The molecule has 1 aromatic heterocycles. The zero-order chi connectivity index (χ0) is 12.3. The quantitative estimate of drug-likeness (QED) is 0.714. The summed E-state index contributed by atoms with van der Waals surface area (Å²) in [5, 5.41) is 0. The average molecular weight is 222 g/mol. The van der Waals surface area contributed by atoms with Gasteiger partial charge in [0.15, 0.2) is 0 Å². The lowest BCUT2D eigenvalue weighted by molar-refractivity contribution is 0.883. The second-order valence-corrected chi connectivity index (χ2v) is 3.83. The predicted octanol–water partition coefficient (Wildman–Crippen LogP) is 3.04. The Morgan fingerprint density at radius 1 is 1.29 bits per heavy atom. The van der Waals surface area contributed by atoms with Crippen molar-refractivity contribution in [1.29, 1.82) is 0 Å². The van der Waals surface area contributed by atoms with Crippen molar-refractivity contribution in [3.63, 3.8) is 0 Å². The first kappa shape index (κ1) is 11.2. The standard InChI is InChI=1S/C15H14N2/c1-4-5-11-14-12(2)17(3)15(16-14)13-9-7-6-8-10-13/h1,5-11H,2-3H3/b11-5-. The van der Waals surface area contributed by atoms with Gasteiger partial charge in [0, 0.05) is 18.3 Å². The van der Waals surface area contributed by atoms with Gasteiger partial charge in [-0.3, -0.25) is 0 Å². The van der Waals surface area contributed by atoms with Crippen molar-refractivity contribution in [1.82, 2.24) is 9.55 Å². The van der Waals surface area contributed by atoms with Gasteiger partial charge < -0.3 is 4.57 Å². The molecule has 2 aromatic rings. The molecule has 0 aliphatic carbocycles. The van der Waals surface area contributed by atoms with E-state index in [1.165, 1.54) is 0 Å². The number of rotatable bonds is 2. The van der Waals surface area contributed by atoms with Crippen LogP contribution >= 0.6 is 0 Å². The Morgan fingerprint density at radius 2 is 2.00 bits per heavy atom. The molecule has 17 heavy (non-hydrogen) atoms. The zero-order valence-electron chi connectivity index (χ0n) is 10.0. The van der Waals surface area contributed by atoms with Crippen LogP contribution in [0.2, 0.25) is 0 Å². The van der Waals surface area contributed by atoms with Gasteiger partial charge in [-0.1, -0.05) is 36.3 Å². The Hall–Kier alpha value is -2.27. The Bertz CT molecular complexity index is 583. The van der Waals surface area contributed by atoms with Gasteiger partial charge in [0.2, 0.25) is 0 Å². The highest BCUT2D eigenvalue weighted by Crippen LogP contribution is 2.21. The van der Waals surface area contributed by atoms with Crippen molar-refractivity contribution in [3.05, 3.63) is 47.8 Å². The van der Waals surface area contributed by atoms with E-state index in [1.54, 1.807) is 6.08 Å². The van der Waals surface area contributed by atoms with E-state index in [-0.39, 0.29) is 0 Å². The van der Waals surface area contributed by atoms with Crippen LogP contribution in [0.5, 0.6) is 0 Å². The minimum Gasteiger partial charge on any atom is -0.331 e. The number of aromatic nitrogens is 2. The fourth-order valence-corrected chi connectivity index (χ4v) is 1.73. The van der Waals surface area contributed by atoms with Crippen LogP contribution in [0.15, 0.2) is 36.4 Å². The van der Waals surface area contributed by atoms with Crippen LogP contribution < -0.4 is 0 Å². The summed E-state index contributed by atoms with van der Waals surface area (Å²) in [6.07, 6.45) is 8.74. The van der Waals surface area contributed by atoms with Crippen molar-refractivity contribution in [2.75, 3.05) is 0 Å². The van der Waals surface area contributed by atoms with E-state index in [0.717, 1.165) is 22.8 Å². The number of nitrogens with zero attached hydrogens (tertiary/aromatic N) is 2. The van der Waals surface area contributed by atoms with Gasteiger partial charge in [0.05, 0.1) is 5.69 Å². The molecule has 2 nitrogen and oxygen atoms in total. The molecule has 0 saturated heterocycles. The van der Waals surface area contributed by atoms with Crippen LogP contribution in [0.3, 0.4) is 0 Å². The fraction of sp³-hybridized carbons (Fsp3) is 0.133. The highest BCUT2D eigenvalue weighted by Gasteiger charge is 2.09. The minimum atomic E-state index is 0.921. The van der Waals surface area contributed by atoms with Crippen LogP contribution in [0, 0.1) is 19.3 Å². The van der Waals surface area contributed by atoms with Crippen molar-refractivity contribution in [2.45, 2.75) is 6.92 Å². The third-order valence-electron chi connectivity index (χ3n) is 2.79. The molecule has 0 N–H and O–H groups in total. The summed E-state index contributed by atoms with van der Waals surface area (Å²) in [6.45, 7) is 2.04. The lowest BCUT2D eigenvalue weighted by Gasteiger charge is -2.02. The Morgan fingerprint density at radius 3 is 2.65 bits per heavy atom. The molecule has 0 bridgehead atoms. The molecule has 0 fully saturated rings. The Labute approximate surface area is 102 Å². The highest BCUT2D eigenvalue weighted by atomic mass is 15.1. The molecule has 0 saturated carbocycles. The molecular formula is C15H14N2. The van der Waals surface area contributed by atoms with E-state index in [0.29, 0.717) is 0 Å². The van der Waals surface area contributed by atoms with Crippen molar-refractivity contribution < 1.29 is 0 Å². The van der Waals surface area contributed by atoms with E-state index < -0.39 is 0 Å². The molecule has 0 aliphatic heterocycles. The first-order valence-electron chi connectivity index (χ1n) is 5.45. The van der Waals surface area contributed by atoms with E-state index in [4.69, 9.17) is 6.42 Å². The summed E-state index contributed by atoms with van der Waals surface area (Å²) in [5.41, 5.74) is 3.14. The van der Waals surface area contributed by atoms with E-state index in [9.17, 15) is 0 Å². The molecule has 0 aliphatic rings. The van der Waals surface area contributed by atoms with Crippen LogP contribution in [0.1, 0.15) is 11.4 Å². The number of allylic oxidation sites excluding steroid dienone is 1. The van der Waals surface area contributed by atoms with Crippen LogP contribution in [-0.4, -0.2) is 9.55 Å². The van der Waals surface area contributed by atoms with Gasteiger partial charge >= 0.3 is 0 Å². The lowest BCUT2D eigenvalue weighted by Crippen LogP contribution is -1.94. The monoisotopic (exact) mass is 222 g/mol. The first-order valence-corrected chi connectivity index (χ1v) is 5.45. The van der Waals surface area contributed by atoms with Crippen molar-refractivity contribution in [3.8, 4) is 23.7 Å². The fourth-order valence-electron chi connectivity index (χ4n) is 1.73. The maximum atomic E-state index is 5.21. The van der Waals surface area contributed by atoms with Gasteiger partial charge in [-0.25, -0.2) is 4.98 Å². The number of imidazole rings is 1. The number of hydrogen-bond donors (Lipinski definition) is 0. The zero-order valence-corrected chi connectivity index (χ0v) is 10.0. The summed E-state index contributed by atoms with van der Waals surface area (Å²) in [4.78, 5) is 4.60. The van der Waals surface area contributed by atoms with Crippen molar-refractivity contribution >= 4 is 6.08 Å². The largest absolute Gasteiger partial charge is 0.331 e. The molecule has 0 atom stereocenters. The molecule has 0 unspecified atom stereocenters. The third-order valence-corrected chi connectivity index (χ3v) is 2.79. The summed E-state index contributed by atoms with van der Waals surface area (Å²) in [6, 6.07) is 10.1. The highest BCUT2D eigenvalue weighted by molar-refractivity contribution is 5.61. The summed E-state index contributed by atoms with van der Waals surface area (Å²) in [7, 11) is 2.01. The number of benzene rings is 1. The van der Waals surface area contributed by atoms with Crippen LogP contribution in [-0.2, 0) is 7.05 Å². The number of terminal acetylenes is 1. The van der Waals surface area contributed by atoms with Crippen LogP contribution in [0.4, 0.5) is 0 Å². The molecule has 1 aromatic carbocycles. The molecular weight excluding hydrogens is 208 g/mol. The summed E-state index contributed by atoms with van der Waals surface area (Å²) in [5.74, 6) is 3.44. The molecule has 2 rings (SSSR count). The molecule has 0 spiro atoms. The summed E-state index contributed by atoms with van der Waals surface area (Å²) < 4.78 is 2.07. The predicted molar refractivity (Wildman–Crippen MR) is 71.2 cm³/mol. The maximum absolute atomic E-state index is 5.21. The Balaban J connectivity index is 2.51. The second kappa shape index (κ2) is 4.71. The van der Waals surface area contributed by atoms with E-state index in [2.05, 4.69) is 27.6 Å². The Kier molecular flexibility index (Phi) is 3.11. The van der Waals surface area contributed by atoms with Crippen molar-refractivity contribution in [2.24, 2.45) is 7.05 Å². The molecule has 84 valence electrons. The average Bonchev–Trinajstić information content (AvgIpc) is 2.65. The maximum Gasteiger partial charge on any atom is 0.140 e. The SMILES string of the molecule is C#C/C=C\c1nc(-c2ccccc2)n(C)c1C. The molecule has 1 heterocycles. The molecule has 0 radical (unpaired) electrons. The summed E-state index contributed by atoms with van der Waals surface area (Å²) >= 11 is 0.